The lowest BCUT2D eigenvalue weighted by molar-refractivity contribution is -0.130. The second-order valence-electron chi connectivity index (χ2n) is 7.00. The Morgan fingerprint density at radius 2 is 1.86 bits per heavy atom. The van der Waals surface area contributed by atoms with Gasteiger partial charge in [-0.15, -0.1) is 0 Å². The summed E-state index contributed by atoms with van der Waals surface area (Å²) in [5, 5.41) is 4.14. The van der Waals surface area contributed by atoms with Gasteiger partial charge in [-0.2, -0.15) is 0 Å². The van der Waals surface area contributed by atoms with Crippen LogP contribution in [0.1, 0.15) is 24.5 Å². The fraction of sp³-hybridized carbons (Fsp3) is 0.304. The second kappa shape index (κ2) is 9.78. The molecular weight excluding hydrogens is 366 g/mol. The van der Waals surface area contributed by atoms with E-state index in [0.29, 0.717) is 19.6 Å². The van der Waals surface area contributed by atoms with Gasteiger partial charge in [-0.25, -0.2) is 0 Å². The van der Waals surface area contributed by atoms with E-state index < -0.39 is 0 Å². The van der Waals surface area contributed by atoms with Gasteiger partial charge in [0.25, 0.3) is 0 Å². The van der Waals surface area contributed by atoms with Crippen molar-refractivity contribution in [3.8, 4) is 5.75 Å². The number of H-pyrrole nitrogens is 1. The molecule has 2 amide bonds. The van der Waals surface area contributed by atoms with Gasteiger partial charge < -0.3 is 19.9 Å². The van der Waals surface area contributed by atoms with Crippen LogP contribution in [0.3, 0.4) is 0 Å². The third-order valence-corrected chi connectivity index (χ3v) is 4.98. The summed E-state index contributed by atoms with van der Waals surface area (Å²) in [5.41, 5.74) is 3.29. The average molecular weight is 393 g/mol. The smallest absolute Gasteiger partial charge is 0.221 e. The minimum Gasteiger partial charge on any atom is -0.497 e. The van der Waals surface area contributed by atoms with Gasteiger partial charge in [0.05, 0.1) is 7.11 Å². The van der Waals surface area contributed by atoms with Crippen molar-refractivity contribution in [2.45, 2.75) is 26.3 Å². The molecule has 6 nitrogen and oxygen atoms in total. The lowest BCUT2D eigenvalue weighted by atomic mass is 10.1. The number of hydrogen-bond acceptors (Lipinski definition) is 3. The summed E-state index contributed by atoms with van der Waals surface area (Å²) < 4.78 is 5.15. The molecule has 0 spiro atoms. The van der Waals surface area contributed by atoms with Gasteiger partial charge >= 0.3 is 0 Å². The molecule has 152 valence electrons. The number of amides is 2. The minimum absolute atomic E-state index is 0.0487. The number of rotatable bonds is 9. The van der Waals surface area contributed by atoms with Crippen LogP contribution in [0.25, 0.3) is 10.9 Å². The number of hydrogen-bond donors (Lipinski definition) is 2. The molecule has 0 fully saturated rings. The van der Waals surface area contributed by atoms with Crippen LogP contribution in [0.5, 0.6) is 5.75 Å². The number of nitrogens with one attached hydrogen (secondary N) is 2. The average Bonchev–Trinajstić information content (AvgIpc) is 3.14. The fourth-order valence-corrected chi connectivity index (χ4v) is 3.30. The summed E-state index contributed by atoms with van der Waals surface area (Å²) in [7, 11) is 1.62. The zero-order chi connectivity index (χ0) is 20.6. The number of aromatic nitrogens is 1. The van der Waals surface area contributed by atoms with E-state index in [9.17, 15) is 9.59 Å². The predicted molar refractivity (Wildman–Crippen MR) is 114 cm³/mol. The molecule has 0 radical (unpaired) electrons. The fourth-order valence-electron chi connectivity index (χ4n) is 3.30. The van der Waals surface area contributed by atoms with Crippen molar-refractivity contribution in [2.24, 2.45) is 0 Å². The van der Waals surface area contributed by atoms with E-state index in [4.69, 9.17) is 4.74 Å². The molecule has 0 aliphatic heterocycles. The Labute approximate surface area is 170 Å². The van der Waals surface area contributed by atoms with Crippen molar-refractivity contribution in [2.75, 3.05) is 20.2 Å². The Balaban J connectivity index is 1.45. The standard InChI is InChI=1S/C23H27N3O3/c1-17(27)26(16-18-7-9-20(29-2)10-8-18)14-12-23(28)24-13-11-19-15-25-22-6-4-3-5-21(19)22/h3-10,15,25H,11-14,16H2,1-2H3,(H,24,28). The molecular formula is C23H27N3O3. The number of fused-ring (bicyclic) bond motifs is 1. The van der Waals surface area contributed by atoms with E-state index in [1.54, 1.807) is 12.0 Å². The number of benzene rings is 2. The van der Waals surface area contributed by atoms with Crippen molar-refractivity contribution in [1.82, 2.24) is 15.2 Å². The Morgan fingerprint density at radius 3 is 2.59 bits per heavy atom. The molecule has 2 aromatic carbocycles. The first-order valence-electron chi connectivity index (χ1n) is 9.77. The summed E-state index contributed by atoms with van der Waals surface area (Å²) >= 11 is 0. The number of carbonyl (C=O) groups is 2. The molecule has 0 aliphatic carbocycles. The van der Waals surface area contributed by atoms with Gasteiger partial charge in [0, 0.05) is 50.1 Å². The van der Waals surface area contributed by atoms with Gasteiger partial charge in [0.15, 0.2) is 0 Å². The summed E-state index contributed by atoms with van der Waals surface area (Å²) in [6.45, 7) is 2.96. The third-order valence-electron chi connectivity index (χ3n) is 4.98. The summed E-state index contributed by atoms with van der Waals surface area (Å²) in [4.78, 5) is 29.1. The van der Waals surface area contributed by atoms with Crippen molar-refractivity contribution < 1.29 is 14.3 Å². The molecule has 3 aromatic rings. The van der Waals surface area contributed by atoms with E-state index >= 15 is 0 Å². The number of nitrogens with zero attached hydrogens (tertiary/aromatic N) is 1. The molecule has 6 heteroatoms. The number of carbonyl (C=O) groups excluding carboxylic acids is 2. The molecule has 0 saturated heterocycles. The van der Waals surface area contributed by atoms with Gasteiger partial charge in [-0.05, 0) is 35.7 Å². The lowest BCUT2D eigenvalue weighted by Gasteiger charge is -2.21. The second-order valence-corrected chi connectivity index (χ2v) is 7.00. The number of para-hydroxylation sites is 1. The maximum absolute atomic E-state index is 12.2. The largest absolute Gasteiger partial charge is 0.497 e. The molecule has 1 heterocycles. The highest BCUT2D eigenvalue weighted by Gasteiger charge is 2.12. The van der Waals surface area contributed by atoms with Crippen LogP contribution >= 0.6 is 0 Å². The summed E-state index contributed by atoms with van der Waals surface area (Å²) in [6.07, 6.45) is 3.03. The first-order chi connectivity index (χ1) is 14.1. The molecule has 3 rings (SSSR count). The number of ether oxygens (including phenoxy) is 1. The van der Waals surface area contributed by atoms with Gasteiger partial charge in [-0.1, -0.05) is 30.3 Å². The van der Waals surface area contributed by atoms with Crippen molar-refractivity contribution >= 4 is 22.7 Å². The normalized spacial score (nSPS) is 10.7. The van der Waals surface area contributed by atoms with Gasteiger partial charge in [-0.3, -0.25) is 9.59 Å². The lowest BCUT2D eigenvalue weighted by Crippen LogP contribution is -2.34. The zero-order valence-electron chi connectivity index (χ0n) is 16.9. The molecule has 0 unspecified atom stereocenters. The van der Waals surface area contributed by atoms with Crippen LogP contribution in [0.4, 0.5) is 0 Å². The highest BCUT2D eigenvalue weighted by Crippen LogP contribution is 2.17. The Bertz CT molecular complexity index is 963. The van der Waals surface area contributed by atoms with E-state index in [0.717, 1.165) is 23.3 Å². The first kappa shape index (κ1) is 20.5. The first-order valence-corrected chi connectivity index (χ1v) is 9.77. The van der Waals surface area contributed by atoms with Gasteiger partial charge in [0.1, 0.15) is 5.75 Å². The molecule has 0 aliphatic rings. The number of aromatic amines is 1. The van der Waals surface area contributed by atoms with Crippen LogP contribution in [0, 0.1) is 0 Å². The molecule has 0 saturated carbocycles. The van der Waals surface area contributed by atoms with Crippen LogP contribution in [-0.4, -0.2) is 41.9 Å². The van der Waals surface area contributed by atoms with E-state index in [-0.39, 0.29) is 18.2 Å². The van der Waals surface area contributed by atoms with Crippen molar-refractivity contribution in [1.29, 1.82) is 0 Å². The van der Waals surface area contributed by atoms with E-state index in [2.05, 4.69) is 16.4 Å². The highest BCUT2D eigenvalue weighted by atomic mass is 16.5. The molecule has 1 aromatic heterocycles. The van der Waals surface area contributed by atoms with Crippen LogP contribution in [-0.2, 0) is 22.6 Å². The molecule has 29 heavy (non-hydrogen) atoms. The van der Waals surface area contributed by atoms with E-state index in [1.165, 1.54) is 17.9 Å². The molecule has 0 atom stereocenters. The topological polar surface area (TPSA) is 74.4 Å². The maximum atomic E-state index is 12.2. The quantitative estimate of drug-likeness (QED) is 0.586. The van der Waals surface area contributed by atoms with Crippen molar-refractivity contribution in [3.63, 3.8) is 0 Å². The molecule has 2 N–H and O–H groups in total. The van der Waals surface area contributed by atoms with Crippen LogP contribution in [0.2, 0.25) is 0 Å². The Morgan fingerprint density at radius 1 is 1.10 bits per heavy atom. The SMILES string of the molecule is COc1ccc(CN(CCC(=O)NCCc2c[nH]c3ccccc23)C(C)=O)cc1. The van der Waals surface area contributed by atoms with Gasteiger partial charge in [0.2, 0.25) is 11.8 Å². The zero-order valence-corrected chi connectivity index (χ0v) is 16.9. The summed E-state index contributed by atoms with van der Waals surface area (Å²) in [5.74, 6) is 0.677. The number of methoxy groups -OCH3 is 1. The predicted octanol–water partition coefficient (Wildman–Crippen LogP) is 3.27. The molecule has 0 bridgehead atoms. The van der Waals surface area contributed by atoms with Crippen molar-refractivity contribution in [3.05, 3.63) is 65.9 Å². The Hall–Kier alpha value is -3.28. The third kappa shape index (κ3) is 5.60. The van der Waals surface area contributed by atoms with E-state index in [1.807, 2.05) is 48.7 Å². The maximum Gasteiger partial charge on any atom is 0.221 e. The van der Waals surface area contributed by atoms with Crippen LogP contribution in [0.15, 0.2) is 54.7 Å². The van der Waals surface area contributed by atoms with Crippen LogP contribution < -0.4 is 10.1 Å². The highest BCUT2D eigenvalue weighted by molar-refractivity contribution is 5.83. The monoisotopic (exact) mass is 393 g/mol. The summed E-state index contributed by atoms with van der Waals surface area (Å²) in [6, 6.07) is 15.7. The minimum atomic E-state index is -0.0502. The Kier molecular flexibility index (Phi) is 6.89.